The molecule has 1 unspecified atom stereocenters. The molecule has 0 spiro atoms. The Labute approximate surface area is 102 Å². The summed E-state index contributed by atoms with van der Waals surface area (Å²) in [6.07, 6.45) is 4.22. The minimum atomic E-state index is 0.0999. The quantitative estimate of drug-likeness (QED) is 0.764. The van der Waals surface area contributed by atoms with Crippen LogP contribution < -0.4 is 11.1 Å². The van der Waals surface area contributed by atoms with Gasteiger partial charge in [0.25, 0.3) is 0 Å². The lowest BCUT2D eigenvalue weighted by Crippen LogP contribution is -2.33. The molecule has 3 nitrogen and oxygen atoms in total. The van der Waals surface area contributed by atoms with Crippen LogP contribution in [-0.2, 0) is 11.2 Å². The summed E-state index contributed by atoms with van der Waals surface area (Å²) < 4.78 is 0. The van der Waals surface area contributed by atoms with Crippen LogP contribution in [0, 0.1) is 5.92 Å². The van der Waals surface area contributed by atoms with Crippen LogP contribution in [0.2, 0.25) is 0 Å². The number of nitrogens with two attached hydrogens (primary N) is 1. The Morgan fingerprint density at radius 2 is 2.06 bits per heavy atom. The number of hydrogen-bond acceptors (Lipinski definition) is 2. The van der Waals surface area contributed by atoms with Crippen LogP contribution in [-0.4, -0.2) is 11.9 Å². The predicted molar refractivity (Wildman–Crippen MR) is 69.5 cm³/mol. The van der Waals surface area contributed by atoms with Crippen molar-refractivity contribution in [3.63, 3.8) is 0 Å². The molecule has 3 heteroatoms. The van der Waals surface area contributed by atoms with Gasteiger partial charge in [0.1, 0.15) is 0 Å². The fourth-order valence-corrected chi connectivity index (χ4v) is 2.06. The molecule has 1 aromatic rings. The fourth-order valence-electron chi connectivity index (χ4n) is 2.06. The van der Waals surface area contributed by atoms with Crippen molar-refractivity contribution >= 4 is 11.6 Å². The zero-order chi connectivity index (χ0) is 12.3. The second-order valence-corrected chi connectivity index (χ2v) is 5.07. The molecule has 1 aliphatic carbocycles. The summed E-state index contributed by atoms with van der Waals surface area (Å²) in [5, 5.41) is 3.04. The van der Waals surface area contributed by atoms with Gasteiger partial charge in [0.2, 0.25) is 5.91 Å². The molecule has 0 saturated heterocycles. The van der Waals surface area contributed by atoms with E-state index < -0.39 is 0 Å². The van der Waals surface area contributed by atoms with Crippen LogP contribution in [0.15, 0.2) is 24.3 Å². The third-order valence-electron chi connectivity index (χ3n) is 3.14. The summed E-state index contributed by atoms with van der Waals surface area (Å²) in [6, 6.07) is 7.76. The van der Waals surface area contributed by atoms with Crippen molar-refractivity contribution in [3.8, 4) is 0 Å². The maximum atomic E-state index is 11.8. The summed E-state index contributed by atoms with van der Waals surface area (Å²) in [5.74, 6) is 0.949. The van der Waals surface area contributed by atoms with Crippen molar-refractivity contribution in [3.05, 3.63) is 29.8 Å². The van der Waals surface area contributed by atoms with E-state index in [0.717, 1.165) is 23.6 Å². The minimum absolute atomic E-state index is 0.0999. The summed E-state index contributed by atoms with van der Waals surface area (Å²) in [5.41, 5.74) is 7.34. The summed E-state index contributed by atoms with van der Waals surface area (Å²) in [4.78, 5) is 11.8. The van der Waals surface area contributed by atoms with E-state index in [2.05, 4.69) is 12.2 Å². The van der Waals surface area contributed by atoms with Gasteiger partial charge in [-0.25, -0.2) is 0 Å². The lowest BCUT2D eigenvalue weighted by atomic mass is 10.1. The molecule has 0 bridgehead atoms. The number of benzene rings is 1. The zero-order valence-corrected chi connectivity index (χ0v) is 10.3. The molecule has 0 aliphatic heterocycles. The van der Waals surface area contributed by atoms with Gasteiger partial charge in [-0.15, -0.1) is 0 Å². The van der Waals surface area contributed by atoms with E-state index in [1.807, 2.05) is 24.3 Å². The molecular weight excluding hydrogens is 212 g/mol. The van der Waals surface area contributed by atoms with E-state index in [9.17, 15) is 4.79 Å². The SMILES string of the molecule is CC(CC1CC1)NC(=O)Cc1ccc(N)cc1. The molecule has 1 aliphatic rings. The highest BCUT2D eigenvalue weighted by Gasteiger charge is 2.24. The van der Waals surface area contributed by atoms with Crippen molar-refractivity contribution < 1.29 is 4.79 Å². The Bertz CT molecular complexity index is 382. The average molecular weight is 232 g/mol. The molecule has 0 heterocycles. The van der Waals surface area contributed by atoms with Crippen LogP contribution in [0.3, 0.4) is 0 Å². The van der Waals surface area contributed by atoms with E-state index >= 15 is 0 Å². The van der Waals surface area contributed by atoms with Crippen LogP contribution in [0.5, 0.6) is 0 Å². The van der Waals surface area contributed by atoms with Gasteiger partial charge in [-0.3, -0.25) is 4.79 Å². The number of nitrogens with one attached hydrogen (secondary N) is 1. The number of amides is 1. The van der Waals surface area contributed by atoms with Gasteiger partial charge >= 0.3 is 0 Å². The largest absolute Gasteiger partial charge is 0.399 e. The molecule has 3 N–H and O–H groups in total. The highest BCUT2D eigenvalue weighted by molar-refractivity contribution is 5.78. The summed E-state index contributed by atoms with van der Waals surface area (Å²) in [6.45, 7) is 2.08. The Balaban J connectivity index is 1.77. The van der Waals surface area contributed by atoms with E-state index in [1.54, 1.807) is 0 Å². The first-order chi connectivity index (χ1) is 8.13. The van der Waals surface area contributed by atoms with E-state index in [0.29, 0.717) is 12.5 Å². The van der Waals surface area contributed by atoms with Crippen molar-refractivity contribution in [1.82, 2.24) is 5.32 Å². The van der Waals surface area contributed by atoms with Gasteiger partial charge in [0.15, 0.2) is 0 Å². The maximum Gasteiger partial charge on any atom is 0.224 e. The van der Waals surface area contributed by atoms with Gasteiger partial charge in [0.05, 0.1) is 6.42 Å². The lowest BCUT2D eigenvalue weighted by Gasteiger charge is -2.13. The van der Waals surface area contributed by atoms with Gasteiger partial charge in [0, 0.05) is 11.7 Å². The van der Waals surface area contributed by atoms with E-state index in [-0.39, 0.29) is 5.91 Å². The smallest absolute Gasteiger partial charge is 0.224 e. The zero-order valence-electron chi connectivity index (χ0n) is 10.3. The monoisotopic (exact) mass is 232 g/mol. The predicted octanol–water partition coefficient (Wildman–Crippen LogP) is 2.12. The summed E-state index contributed by atoms with van der Waals surface area (Å²) in [7, 11) is 0. The van der Waals surface area contributed by atoms with Crippen molar-refractivity contribution in [1.29, 1.82) is 0 Å². The van der Waals surface area contributed by atoms with Crippen molar-refractivity contribution in [2.75, 3.05) is 5.73 Å². The van der Waals surface area contributed by atoms with Gasteiger partial charge in [-0.1, -0.05) is 25.0 Å². The molecule has 1 saturated carbocycles. The molecule has 2 rings (SSSR count). The molecule has 0 aromatic heterocycles. The molecule has 1 amide bonds. The number of carbonyl (C=O) groups is 1. The van der Waals surface area contributed by atoms with Gasteiger partial charge in [-0.2, -0.15) is 0 Å². The fraction of sp³-hybridized carbons (Fsp3) is 0.500. The van der Waals surface area contributed by atoms with Gasteiger partial charge in [-0.05, 0) is 37.0 Å². The minimum Gasteiger partial charge on any atom is -0.399 e. The molecule has 92 valence electrons. The Morgan fingerprint density at radius 3 is 2.65 bits per heavy atom. The first-order valence-electron chi connectivity index (χ1n) is 6.27. The van der Waals surface area contributed by atoms with Gasteiger partial charge < -0.3 is 11.1 Å². The molecule has 17 heavy (non-hydrogen) atoms. The Hall–Kier alpha value is -1.51. The van der Waals surface area contributed by atoms with Crippen molar-refractivity contribution in [2.24, 2.45) is 5.92 Å². The lowest BCUT2D eigenvalue weighted by molar-refractivity contribution is -0.121. The van der Waals surface area contributed by atoms with Crippen LogP contribution >= 0.6 is 0 Å². The van der Waals surface area contributed by atoms with E-state index in [1.165, 1.54) is 12.8 Å². The van der Waals surface area contributed by atoms with Crippen LogP contribution in [0.4, 0.5) is 5.69 Å². The Kier molecular flexibility index (Phi) is 3.67. The third kappa shape index (κ3) is 4.10. The molecule has 1 atom stereocenters. The first-order valence-corrected chi connectivity index (χ1v) is 6.27. The average Bonchev–Trinajstić information content (AvgIpc) is 3.05. The molecule has 1 fully saturated rings. The maximum absolute atomic E-state index is 11.8. The summed E-state index contributed by atoms with van der Waals surface area (Å²) >= 11 is 0. The number of carbonyl (C=O) groups excluding carboxylic acids is 1. The number of rotatable bonds is 5. The second-order valence-electron chi connectivity index (χ2n) is 5.07. The Morgan fingerprint density at radius 1 is 1.41 bits per heavy atom. The number of hydrogen-bond donors (Lipinski definition) is 2. The molecule has 1 aromatic carbocycles. The highest BCUT2D eigenvalue weighted by Crippen LogP contribution is 2.33. The topological polar surface area (TPSA) is 55.1 Å². The van der Waals surface area contributed by atoms with E-state index in [4.69, 9.17) is 5.73 Å². The normalized spacial score (nSPS) is 16.5. The molecule has 0 radical (unpaired) electrons. The third-order valence-corrected chi connectivity index (χ3v) is 3.14. The number of anilines is 1. The second kappa shape index (κ2) is 5.21. The highest BCUT2D eigenvalue weighted by atomic mass is 16.1. The van der Waals surface area contributed by atoms with Crippen LogP contribution in [0.25, 0.3) is 0 Å². The van der Waals surface area contributed by atoms with Crippen molar-refractivity contribution in [2.45, 2.75) is 38.6 Å². The molecular formula is C14H20N2O. The van der Waals surface area contributed by atoms with Crippen LogP contribution in [0.1, 0.15) is 31.7 Å². The standard InChI is InChI=1S/C14H20N2O/c1-10(8-11-2-3-11)16-14(17)9-12-4-6-13(15)7-5-12/h4-7,10-11H,2-3,8-9,15H2,1H3,(H,16,17). The first kappa shape index (κ1) is 12.0. The number of nitrogen functional groups attached to an aromatic ring is 1.